The lowest BCUT2D eigenvalue weighted by Gasteiger charge is -2.32. The van der Waals surface area contributed by atoms with Crippen LogP contribution in [0.1, 0.15) is 46.4 Å². The van der Waals surface area contributed by atoms with Crippen molar-refractivity contribution in [3.8, 4) is 5.75 Å². The summed E-state index contributed by atoms with van der Waals surface area (Å²) in [5, 5.41) is 3.61. The molecule has 1 N–H and O–H groups in total. The molecule has 0 aromatic heterocycles. The summed E-state index contributed by atoms with van der Waals surface area (Å²) in [4.78, 5) is 26.7. The van der Waals surface area contributed by atoms with Crippen molar-refractivity contribution in [2.75, 3.05) is 19.7 Å². The number of hydrogen-bond acceptors (Lipinski definition) is 3. The fourth-order valence-corrected chi connectivity index (χ4v) is 3.70. The molecule has 2 fully saturated rings. The Labute approximate surface area is 176 Å². The summed E-state index contributed by atoms with van der Waals surface area (Å²) in [7, 11) is 0. The number of nitrogens with one attached hydrogen (secondary N) is 1. The highest BCUT2D eigenvalue weighted by atomic mass is 35.5. The Bertz CT molecular complexity index is 863. The molecule has 0 spiro atoms. The summed E-state index contributed by atoms with van der Waals surface area (Å²) in [5.41, 5.74) is 1.32. The molecule has 1 heterocycles. The minimum atomic E-state index is -0.0253. The normalized spacial score (nSPS) is 18.9. The number of likely N-dealkylation sites (tertiary alicyclic amines) is 1. The van der Waals surface area contributed by atoms with Crippen molar-refractivity contribution in [2.45, 2.75) is 31.7 Å². The summed E-state index contributed by atoms with van der Waals surface area (Å²) in [6.07, 6.45) is 4.15. The predicted molar refractivity (Wildman–Crippen MR) is 113 cm³/mol. The molecule has 2 aromatic rings. The third kappa shape index (κ3) is 5.30. The van der Waals surface area contributed by atoms with Crippen LogP contribution in [0.3, 0.4) is 0 Å². The van der Waals surface area contributed by atoms with Crippen molar-refractivity contribution in [3.05, 3.63) is 64.7 Å². The maximum Gasteiger partial charge on any atom is 0.253 e. The van der Waals surface area contributed by atoms with Gasteiger partial charge in [-0.05, 0) is 74.2 Å². The van der Waals surface area contributed by atoms with Crippen LogP contribution in [0.4, 0.5) is 0 Å². The minimum absolute atomic E-state index is 0.0253. The van der Waals surface area contributed by atoms with Crippen molar-refractivity contribution >= 4 is 23.4 Å². The second-order valence-corrected chi connectivity index (χ2v) is 8.29. The van der Waals surface area contributed by atoms with Gasteiger partial charge in [0.05, 0.1) is 6.61 Å². The summed E-state index contributed by atoms with van der Waals surface area (Å²) in [6.45, 7) is 2.00. The predicted octanol–water partition coefficient (Wildman–Crippen LogP) is 4.16. The Morgan fingerprint density at radius 3 is 2.38 bits per heavy atom. The molecular weight excluding hydrogens is 388 g/mol. The molecule has 2 aromatic carbocycles. The van der Waals surface area contributed by atoms with Gasteiger partial charge < -0.3 is 15.0 Å². The Morgan fingerprint density at radius 2 is 1.69 bits per heavy atom. The Balaban J connectivity index is 1.28. The summed E-state index contributed by atoms with van der Waals surface area (Å²) < 4.78 is 5.94. The molecule has 0 unspecified atom stereocenters. The highest BCUT2D eigenvalue weighted by molar-refractivity contribution is 6.30. The van der Waals surface area contributed by atoms with E-state index in [0.717, 1.165) is 38.0 Å². The molecule has 2 aliphatic rings. The molecule has 0 radical (unpaired) electrons. The SMILES string of the molecule is O=C(NC1CC1)c1ccc(OC[C@@H]2CCCN(C(=O)c3ccc(Cl)cc3)C2)cc1. The molecule has 5 nitrogen and oxygen atoms in total. The zero-order valence-corrected chi connectivity index (χ0v) is 17.0. The third-order valence-electron chi connectivity index (χ3n) is 5.41. The average Bonchev–Trinajstić information content (AvgIpc) is 3.57. The number of hydrogen-bond donors (Lipinski definition) is 1. The second-order valence-electron chi connectivity index (χ2n) is 7.85. The van der Waals surface area contributed by atoms with Gasteiger partial charge in [-0.25, -0.2) is 0 Å². The fraction of sp³-hybridized carbons (Fsp3) is 0.391. The molecule has 0 bridgehead atoms. The Kier molecular flexibility index (Phi) is 6.05. The van der Waals surface area contributed by atoms with Crippen molar-refractivity contribution in [3.63, 3.8) is 0 Å². The zero-order chi connectivity index (χ0) is 20.2. The topological polar surface area (TPSA) is 58.6 Å². The number of benzene rings is 2. The van der Waals surface area contributed by atoms with Crippen LogP contribution in [0.2, 0.25) is 5.02 Å². The standard InChI is InChI=1S/C23H25ClN2O3/c24-19-7-3-18(4-8-19)23(28)26-13-1-2-16(14-26)15-29-21-11-5-17(6-12-21)22(27)25-20-9-10-20/h3-8,11-12,16,20H,1-2,9-10,13-15H2,(H,25,27)/t16-/m1/s1. The summed E-state index contributed by atoms with van der Waals surface area (Å²) in [6, 6.07) is 14.6. The van der Waals surface area contributed by atoms with Crippen molar-refractivity contribution in [1.82, 2.24) is 10.2 Å². The number of piperidine rings is 1. The van der Waals surface area contributed by atoms with Gasteiger partial charge in [0.15, 0.2) is 0 Å². The first kappa shape index (κ1) is 19.8. The Hall–Kier alpha value is -2.53. The number of halogens is 1. The lowest BCUT2D eigenvalue weighted by molar-refractivity contribution is 0.0633. The second kappa shape index (κ2) is 8.87. The van der Waals surface area contributed by atoms with Crippen molar-refractivity contribution in [1.29, 1.82) is 0 Å². The molecule has 1 atom stereocenters. The summed E-state index contributed by atoms with van der Waals surface area (Å²) >= 11 is 5.91. The van der Waals surface area contributed by atoms with Crippen LogP contribution in [0, 0.1) is 5.92 Å². The van der Waals surface area contributed by atoms with Crippen molar-refractivity contribution < 1.29 is 14.3 Å². The first-order chi connectivity index (χ1) is 14.1. The van der Waals surface area contributed by atoms with Gasteiger partial charge in [0.2, 0.25) is 0 Å². The number of ether oxygens (including phenoxy) is 1. The molecule has 2 amide bonds. The van der Waals surface area contributed by atoms with E-state index in [4.69, 9.17) is 16.3 Å². The average molecular weight is 413 g/mol. The van der Waals surface area contributed by atoms with E-state index in [2.05, 4.69) is 5.32 Å². The van der Waals surface area contributed by atoms with Crippen LogP contribution in [0.25, 0.3) is 0 Å². The molecule has 1 saturated carbocycles. The van der Waals surface area contributed by atoms with Crippen LogP contribution in [-0.2, 0) is 0 Å². The molecular formula is C23H25ClN2O3. The number of carbonyl (C=O) groups is 2. The Morgan fingerprint density at radius 1 is 1.00 bits per heavy atom. The maximum absolute atomic E-state index is 12.7. The van der Waals surface area contributed by atoms with Crippen LogP contribution in [0.15, 0.2) is 48.5 Å². The highest BCUT2D eigenvalue weighted by Crippen LogP contribution is 2.22. The highest BCUT2D eigenvalue weighted by Gasteiger charge is 2.25. The van der Waals surface area contributed by atoms with Crippen LogP contribution < -0.4 is 10.1 Å². The molecule has 1 saturated heterocycles. The van der Waals surface area contributed by atoms with Crippen LogP contribution in [-0.4, -0.2) is 42.5 Å². The van der Waals surface area contributed by atoms with Gasteiger partial charge in [0.1, 0.15) is 5.75 Å². The van der Waals surface area contributed by atoms with E-state index in [-0.39, 0.29) is 17.7 Å². The quantitative estimate of drug-likeness (QED) is 0.774. The van der Waals surface area contributed by atoms with Gasteiger partial charge in [0, 0.05) is 41.2 Å². The van der Waals surface area contributed by atoms with E-state index in [1.807, 2.05) is 17.0 Å². The zero-order valence-electron chi connectivity index (χ0n) is 16.3. The molecule has 152 valence electrons. The number of carbonyl (C=O) groups excluding carboxylic acids is 2. The van der Waals surface area contributed by atoms with Gasteiger partial charge in [0.25, 0.3) is 11.8 Å². The van der Waals surface area contributed by atoms with E-state index in [0.29, 0.717) is 35.3 Å². The van der Waals surface area contributed by atoms with Crippen LogP contribution in [0.5, 0.6) is 5.75 Å². The van der Waals surface area contributed by atoms with E-state index in [9.17, 15) is 9.59 Å². The van der Waals surface area contributed by atoms with E-state index in [1.165, 1.54) is 0 Å². The lowest BCUT2D eigenvalue weighted by Crippen LogP contribution is -2.41. The van der Waals surface area contributed by atoms with E-state index in [1.54, 1.807) is 36.4 Å². The van der Waals surface area contributed by atoms with Gasteiger partial charge >= 0.3 is 0 Å². The summed E-state index contributed by atoms with van der Waals surface area (Å²) in [5.74, 6) is 1.05. The number of amides is 2. The largest absolute Gasteiger partial charge is 0.493 e. The molecule has 4 rings (SSSR count). The molecule has 1 aliphatic carbocycles. The fourth-order valence-electron chi connectivity index (χ4n) is 3.57. The van der Waals surface area contributed by atoms with E-state index >= 15 is 0 Å². The minimum Gasteiger partial charge on any atom is -0.493 e. The monoisotopic (exact) mass is 412 g/mol. The first-order valence-corrected chi connectivity index (χ1v) is 10.5. The van der Waals surface area contributed by atoms with Gasteiger partial charge in [-0.1, -0.05) is 11.6 Å². The van der Waals surface area contributed by atoms with Crippen molar-refractivity contribution in [2.24, 2.45) is 5.92 Å². The third-order valence-corrected chi connectivity index (χ3v) is 5.66. The van der Waals surface area contributed by atoms with Gasteiger partial charge in [-0.15, -0.1) is 0 Å². The maximum atomic E-state index is 12.7. The molecule has 6 heteroatoms. The number of rotatable bonds is 6. The first-order valence-electron chi connectivity index (χ1n) is 10.2. The van der Waals surface area contributed by atoms with Gasteiger partial charge in [-0.3, -0.25) is 9.59 Å². The molecule has 29 heavy (non-hydrogen) atoms. The van der Waals surface area contributed by atoms with Gasteiger partial charge in [-0.2, -0.15) is 0 Å². The lowest BCUT2D eigenvalue weighted by atomic mass is 9.98. The van der Waals surface area contributed by atoms with Crippen LogP contribution >= 0.6 is 11.6 Å². The number of nitrogens with zero attached hydrogens (tertiary/aromatic N) is 1. The molecule has 1 aliphatic heterocycles. The van der Waals surface area contributed by atoms with E-state index < -0.39 is 0 Å². The smallest absolute Gasteiger partial charge is 0.253 e.